The van der Waals surface area contributed by atoms with Crippen LogP contribution in [0.4, 0.5) is 11.4 Å². The molecular formula is C29H28N4O6. The molecule has 6 rings (SSSR count). The number of carbonyl (C=O) groups excluding carboxylic acids is 2. The Morgan fingerprint density at radius 1 is 0.744 bits per heavy atom. The van der Waals surface area contributed by atoms with Gasteiger partial charge in [0.2, 0.25) is 6.79 Å². The molecule has 0 N–H and O–H groups in total. The van der Waals surface area contributed by atoms with Crippen molar-refractivity contribution in [2.24, 2.45) is 9.98 Å². The minimum absolute atomic E-state index is 0.110. The van der Waals surface area contributed by atoms with Gasteiger partial charge in [-0.05, 0) is 25.0 Å². The Balaban J connectivity index is 1.23. The van der Waals surface area contributed by atoms with E-state index < -0.39 is 0 Å². The number of aliphatic imine (C=N–C) groups is 2. The first-order valence-corrected chi connectivity index (χ1v) is 12.6. The van der Waals surface area contributed by atoms with Gasteiger partial charge in [0.25, 0.3) is 11.8 Å². The van der Waals surface area contributed by atoms with Gasteiger partial charge in [0.15, 0.2) is 23.0 Å². The fourth-order valence-corrected chi connectivity index (χ4v) is 5.37. The van der Waals surface area contributed by atoms with Gasteiger partial charge in [0.1, 0.15) is 0 Å². The number of hydrogen-bond acceptors (Lipinski definition) is 8. The van der Waals surface area contributed by atoms with Gasteiger partial charge < -0.3 is 28.7 Å². The maximum absolute atomic E-state index is 13.2. The molecule has 0 radical (unpaired) electrons. The van der Waals surface area contributed by atoms with Crippen molar-refractivity contribution < 1.29 is 28.5 Å². The number of ether oxygens (including phenoxy) is 4. The maximum atomic E-state index is 13.2. The summed E-state index contributed by atoms with van der Waals surface area (Å²) >= 11 is 0. The van der Waals surface area contributed by atoms with E-state index in [1.165, 1.54) is 14.2 Å². The summed E-state index contributed by atoms with van der Waals surface area (Å²) in [6.45, 7) is 8.85. The second-order valence-corrected chi connectivity index (χ2v) is 9.91. The van der Waals surface area contributed by atoms with Crippen LogP contribution in [0.15, 0.2) is 58.6 Å². The summed E-state index contributed by atoms with van der Waals surface area (Å²) in [6.07, 6.45) is 4.95. The first kappa shape index (κ1) is 24.7. The average molecular weight is 529 g/mol. The molecule has 10 heteroatoms. The Labute approximate surface area is 225 Å². The highest BCUT2D eigenvalue weighted by molar-refractivity contribution is 6.04. The Bertz CT molecular complexity index is 1370. The molecule has 2 saturated heterocycles. The molecule has 2 atom stereocenters. The summed E-state index contributed by atoms with van der Waals surface area (Å²) < 4.78 is 22.8. The van der Waals surface area contributed by atoms with E-state index >= 15 is 0 Å². The molecule has 0 unspecified atom stereocenters. The Morgan fingerprint density at radius 3 is 1.59 bits per heavy atom. The van der Waals surface area contributed by atoms with Gasteiger partial charge in [-0.3, -0.25) is 19.6 Å². The highest BCUT2D eigenvalue weighted by Gasteiger charge is 2.35. The SMILES string of the molecule is C=C1C[C@H]2C=Nc3cc(OCOc4cc5c(cc4OC)C(=O)N4CC(=C)C[C@H]4C=N5)c(OC)cc3C(=O)N2C1. The Kier molecular flexibility index (Phi) is 6.09. The predicted octanol–water partition coefficient (Wildman–Crippen LogP) is 4.09. The number of benzene rings is 2. The highest BCUT2D eigenvalue weighted by atomic mass is 16.7. The van der Waals surface area contributed by atoms with E-state index in [9.17, 15) is 9.59 Å². The van der Waals surface area contributed by atoms with Crippen LogP contribution in [0.2, 0.25) is 0 Å². The molecule has 4 heterocycles. The molecule has 4 aliphatic rings. The molecule has 2 aromatic carbocycles. The van der Waals surface area contributed by atoms with Crippen molar-refractivity contribution in [2.75, 3.05) is 34.1 Å². The quantitative estimate of drug-likeness (QED) is 0.413. The van der Waals surface area contributed by atoms with Gasteiger partial charge in [-0.1, -0.05) is 24.3 Å². The largest absolute Gasteiger partial charge is 0.493 e. The fraction of sp³-hybridized carbons (Fsp3) is 0.310. The van der Waals surface area contributed by atoms with Crippen LogP contribution in [-0.4, -0.2) is 80.2 Å². The molecule has 4 aliphatic heterocycles. The van der Waals surface area contributed by atoms with E-state index in [4.69, 9.17) is 18.9 Å². The number of methoxy groups -OCH3 is 2. The third-order valence-electron chi connectivity index (χ3n) is 7.33. The molecule has 39 heavy (non-hydrogen) atoms. The average Bonchev–Trinajstić information content (AvgIpc) is 3.44. The number of nitrogens with zero attached hydrogens (tertiary/aromatic N) is 4. The van der Waals surface area contributed by atoms with E-state index in [1.807, 2.05) is 0 Å². The molecule has 0 spiro atoms. The minimum atomic E-state index is -0.192. The summed E-state index contributed by atoms with van der Waals surface area (Å²) in [7, 11) is 3.01. The van der Waals surface area contributed by atoms with Crippen molar-refractivity contribution in [2.45, 2.75) is 24.9 Å². The van der Waals surface area contributed by atoms with Crippen molar-refractivity contribution in [3.8, 4) is 23.0 Å². The van der Waals surface area contributed by atoms with Gasteiger partial charge in [-0.2, -0.15) is 0 Å². The molecule has 2 amide bonds. The Morgan fingerprint density at radius 2 is 1.18 bits per heavy atom. The molecule has 2 aromatic rings. The van der Waals surface area contributed by atoms with Crippen LogP contribution >= 0.6 is 0 Å². The molecule has 0 aliphatic carbocycles. The van der Waals surface area contributed by atoms with Crippen molar-refractivity contribution in [1.82, 2.24) is 9.80 Å². The van der Waals surface area contributed by atoms with Crippen LogP contribution in [0.25, 0.3) is 0 Å². The van der Waals surface area contributed by atoms with Crippen LogP contribution in [0.1, 0.15) is 33.6 Å². The number of fused-ring (bicyclic) bond motifs is 4. The summed E-state index contributed by atoms with van der Waals surface area (Å²) in [6, 6.07) is 6.39. The zero-order valence-corrected chi connectivity index (χ0v) is 21.8. The van der Waals surface area contributed by atoms with Crippen LogP contribution < -0.4 is 18.9 Å². The third kappa shape index (κ3) is 4.31. The van der Waals surface area contributed by atoms with Gasteiger partial charge in [-0.15, -0.1) is 0 Å². The fourth-order valence-electron chi connectivity index (χ4n) is 5.37. The van der Waals surface area contributed by atoms with E-state index in [0.29, 0.717) is 71.4 Å². The van der Waals surface area contributed by atoms with E-state index in [-0.39, 0.29) is 30.7 Å². The normalized spacial score (nSPS) is 21.2. The van der Waals surface area contributed by atoms with E-state index in [0.717, 1.165) is 11.1 Å². The number of amides is 2. The second kappa shape index (κ2) is 9.61. The van der Waals surface area contributed by atoms with Crippen LogP contribution in [0, 0.1) is 0 Å². The minimum Gasteiger partial charge on any atom is -0.493 e. The molecule has 0 saturated carbocycles. The van der Waals surface area contributed by atoms with Crippen molar-refractivity contribution >= 4 is 35.6 Å². The highest BCUT2D eigenvalue weighted by Crippen LogP contribution is 2.40. The molecule has 0 bridgehead atoms. The first-order valence-electron chi connectivity index (χ1n) is 12.6. The van der Waals surface area contributed by atoms with Crippen LogP contribution in [0.5, 0.6) is 23.0 Å². The monoisotopic (exact) mass is 528 g/mol. The topological polar surface area (TPSA) is 102 Å². The summed E-state index contributed by atoms with van der Waals surface area (Å²) in [5.74, 6) is 1.25. The van der Waals surface area contributed by atoms with Crippen molar-refractivity contribution in [3.63, 3.8) is 0 Å². The lowest BCUT2D eigenvalue weighted by Crippen LogP contribution is -2.35. The number of hydrogen-bond donors (Lipinski definition) is 0. The lowest BCUT2D eigenvalue weighted by Gasteiger charge is -2.20. The molecule has 10 nitrogen and oxygen atoms in total. The predicted molar refractivity (Wildman–Crippen MR) is 146 cm³/mol. The zero-order valence-electron chi connectivity index (χ0n) is 21.8. The van der Waals surface area contributed by atoms with Crippen LogP contribution in [-0.2, 0) is 0 Å². The smallest absolute Gasteiger partial charge is 0.257 e. The summed E-state index contributed by atoms with van der Waals surface area (Å²) in [5.41, 5.74) is 3.87. The van der Waals surface area contributed by atoms with Gasteiger partial charge in [0.05, 0.1) is 48.8 Å². The molecular weight excluding hydrogens is 500 g/mol. The van der Waals surface area contributed by atoms with Gasteiger partial charge in [0, 0.05) is 37.7 Å². The van der Waals surface area contributed by atoms with Gasteiger partial charge >= 0.3 is 0 Å². The van der Waals surface area contributed by atoms with Gasteiger partial charge in [-0.25, -0.2) is 0 Å². The standard InChI is InChI=1S/C29H28N4O6/c1-16-5-18-11-30-22-9-26(24(36-3)7-20(22)28(34)32(18)13-16)38-15-39-27-10-23-21(8-25(27)37-4)29(35)33-14-17(2)6-19(33)12-31-23/h7-12,18-19H,1-2,5-6,13-15H2,3-4H3/t18-,19-/m0/s1. The van der Waals surface area contributed by atoms with Crippen molar-refractivity contribution in [3.05, 3.63) is 59.7 Å². The maximum Gasteiger partial charge on any atom is 0.257 e. The molecule has 200 valence electrons. The van der Waals surface area contributed by atoms with E-state index in [1.54, 1.807) is 46.5 Å². The summed E-state index contributed by atoms with van der Waals surface area (Å²) in [4.78, 5) is 39.0. The molecule has 2 fully saturated rings. The van der Waals surface area contributed by atoms with Crippen LogP contribution in [0.3, 0.4) is 0 Å². The zero-order chi connectivity index (χ0) is 27.3. The first-order chi connectivity index (χ1) is 18.9. The number of rotatable bonds is 6. The lowest BCUT2D eigenvalue weighted by molar-refractivity contribution is 0.0770. The molecule has 0 aromatic heterocycles. The number of carbonyl (C=O) groups is 2. The van der Waals surface area contributed by atoms with E-state index in [2.05, 4.69) is 23.1 Å². The summed E-state index contributed by atoms with van der Waals surface area (Å²) in [5, 5.41) is 0. The Hall–Kier alpha value is -4.60. The second-order valence-electron chi connectivity index (χ2n) is 9.91. The third-order valence-corrected chi connectivity index (χ3v) is 7.33. The lowest BCUT2D eigenvalue weighted by atomic mass is 10.1. The van der Waals surface area contributed by atoms with Crippen molar-refractivity contribution in [1.29, 1.82) is 0 Å².